The Kier molecular flexibility index (Phi) is 1.44. The number of hydrogen-bond acceptors (Lipinski definition) is 3. The first-order valence-electron chi connectivity index (χ1n) is 2.36. The third-order valence-corrected chi connectivity index (χ3v) is 2.01. The van der Waals surface area contributed by atoms with Crippen LogP contribution < -0.4 is 0 Å². The molecule has 0 unspecified atom stereocenters. The molecule has 0 aromatic rings. The van der Waals surface area contributed by atoms with Crippen LogP contribution in [-0.2, 0) is 14.3 Å². The molecular weight excluding hydrogens is 147 g/mol. The molecule has 3 nitrogen and oxygen atoms in total. The van der Waals surface area contributed by atoms with Gasteiger partial charge in [0, 0.05) is 6.42 Å². The summed E-state index contributed by atoms with van der Waals surface area (Å²) < 4.78 is 36.7. The van der Waals surface area contributed by atoms with Gasteiger partial charge in [0.05, 0.1) is 5.75 Å². The Bertz CT molecular complexity index is 228. The summed E-state index contributed by atoms with van der Waals surface area (Å²) in [5.41, 5.74) is 0. The predicted molar refractivity (Wildman–Crippen MR) is 28.7 cm³/mol. The Labute approximate surface area is 52.3 Å². The van der Waals surface area contributed by atoms with E-state index >= 15 is 0 Å². The highest BCUT2D eigenvalue weighted by atomic mass is 32.2. The standard InChI is InChI=1S/C4H5FO3S/c5-4-1-2-9(6,7)8-3-4/h3H,1-2H2. The van der Waals surface area contributed by atoms with Gasteiger partial charge in [0.25, 0.3) is 0 Å². The fraction of sp³-hybridized carbons (Fsp3) is 0.500. The minimum absolute atomic E-state index is 0.0671. The molecule has 0 spiro atoms. The lowest BCUT2D eigenvalue weighted by Gasteiger charge is -2.06. The average molecular weight is 152 g/mol. The maximum absolute atomic E-state index is 12.0. The van der Waals surface area contributed by atoms with Crippen molar-refractivity contribution in [1.29, 1.82) is 0 Å². The average Bonchev–Trinajstić information content (AvgIpc) is 1.78. The van der Waals surface area contributed by atoms with E-state index < -0.39 is 15.9 Å². The van der Waals surface area contributed by atoms with E-state index in [-0.39, 0.29) is 12.2 Å². The molecular formula is C4H5FO3S. The van der Waals surface area contributed by atoms with Crippen LogP contribution in [0.3, 0.4) is 0 Å². The quantitative estimate of drug-likeness (QED) is 0.476. The molecule has 0 aromatic heterocycles. The molecule has 0 saturated carbocycles. The summed E-state index contributed by atoms with van der Waals surface area (Å²) >= 11 is 0. The molecule has 0 saturated heterocycles. The van der Waals surface area contributed by atoms with Crippen molar-refractivity contribution in [2.75, 3.05) is 5.75 Å². The van der Waals surface area contributed by atoms with Crippen LogP contribution in [0.5, 0.6) is 0 Å². The van der Waals surface area contributed by atoms with Crippen molar-refractivity contribution < 1.29 is 17.0 Å². The highest BCUT2D eigenvalue weighted by Gasteiger charge is 2.16. The highest BCUT2D eigenvalue weighted by molar-refractivity contribution is 7.86. The zero-order valence-electron chi connectivity index (χ0n) is 4.50. The Morgan fingerprint density at radius 1 is 1.67 bits per heavy atom. The third kappa shape index (κ3) is 1.67. The molecule has 0 fully saturated rings. The summed E-state index contributed by atoms with van der Waals surface area (Å²) in [5.74, 6) is -0.778. The lowest BCUT2D eigenvalue weighted by molar-refractivity contribution is 0.404. The van der Waals surface area contributed by atoms with Crippen molar-refractivity contribution in [3.05, 3.63) is 12.1 Å². The summed E-state index contributed by atoms with van der Waals surface area (Å²) in [6.45, 7) is 0. The van der Waals surface area contributed by atoms with Crippen molar-refractivity contribution in [3.63, 3.8) is 0 Å². The first kappa shape index (κ1) is 6.54. The molecule has 1 aliphatic rings. The summed E-state index contributed by atoms with van der Waals surface area (Å²) in [6, 6.07) is 0. The van der Waals surface area contributed by atoms with Gasteiger partial charge in [0.15, 0.2) is 0 Å². The van der Waals surface area contributed by atoms with Crippen LogP contribution in [0, 0.1) is 0 Å². The van der Waals surface area contributed by atoms with Gasteiger partial charge in [0.2, 0.25) is 0 Å². The van der Waals surface area contributed by atoms with Gasteiger partial charge < -0.3 is 4.18 Å². The Morgan fingerprint density at radius 3 is 2.67 bits per heavy atom. The zero-order chi connectivity index (χ0) is 6.91. The van der Waals surface area contributed by atoms with Crippen molar-refractivity contribution in [1.82, 2.24) is 0 Å². The van der Waals surface area contributed by atoms with Gasteiger partial charge >= 0.3 is 10.1 Å². The van der Waals surface area contributed by atoms with Gasteiger partial charge in [-0.2, -0.15) is 8.42 Å². The van der Waals surface area contributed by atoms with E-state index in [4.69, 9.17) is 0 Å². The minimum Gasteiger partial charge on any atom is -0.388 e. The maximum Gasteiger partial charge on any atom is 0.309 e. The maximum atomic E-state index is 12.0. The molecule has 9 heavy (non-hydrogen) atoms. The Morgan fingerprint density at radius 2 is 2.33 bits per heavy atom. The molecule has 5 heteroatoms. The van der Waals surface area contributed by atoms with Gasteiger partial charge in [-0.1, -0.05) is 0 Å². The summed E-state index contributed by atoms with van der Waals surface area (Å²) in [4.78, 5) is 0. The Hall–Kier alpha value is -0.580. The molecule has 1 heterocycles. The molecule has 0 N–H and O–H groups in total. The normalized spacial score (nSPS) is 24.3. The van der Waals surface area contributed by atoms with E-state index in [0.29, 0.717) is 6.26 Å². The minimum atomic E-state index is -3.43. The second-order valence-corrected chi connectivity index (χ2v) is 3.39. The van der Waals surface area contributed by atoms with E-state index in [1.807, 2.05) is 0 Å². The SMILES string of the molecule is O=S1(=O)CCC(F)=CO1. The van der Waals surface area contributed by atoms with Crippen molar-refractivity contribution in [3.8, 4) is 0 Å². The number of allylic oxidation sites excluding steroid dienone is 1. The second kappa shape index (κ2) is 1.98. The van der Waals surface area contributed by atoms with Crippen LogP contribution in [0.1, 0.15) is 6.42 Å². The monoisotopic (exact) mass is 152 g/mol. The smallest absolute Gasteiger partial charge is 0.309 e. The van der Waals surface area contributed by atoms with Crippen LogP contribution in [0.4, 0.5) is 4.39 Å². The van der Waals surface area contributed by atoms with Gasteiger partial charge in [0.1, 0.15) is 12.1 Å². The van der Waals surface area contributed by atoms with Crippen LogP contribution in [0.2, 0.25) is 0 Å². The molecule has 52 valence electrons. The summed E-state index contributed by atoms with van der Waals surface area (Å²) in [7, 11) is -3.43. The van der Waals surface area contributed by atoms with Gasteiger partial charge in [-0.05, 0) is 0 Å². The van der Waals surface area contributed by atoms with E-state index in [0.717, 1.165) is 0 Å². The molecule has 0 radical (unpaired) electrons. The Balaban J connectivity index is 2.79. The molecule has 1 rings (SSSR count). The molecule has 0 aromatic carbocycles. The molecule has 0 bridgehead atoms. The van der Waals surface area contributed by atoms with E-state index in [9.17, 15) is 12.8 Å². The molecule has 1 aliphatic heterocycles. The van der Waals surface area contributed by atoms with Crippen LogP contribution in [0.25, 0.3) is 0 Å². The van der Waals surface area contributed by atoms with E-state index in [1.165, 1.54) is 0 Å². The lowest BCUT2D eigenvalue weighted by atomic mass is 10.4. The summed E-state index contributed by atoms with van der Waals surface area (Å²) in [5, 5.41) is 0. The van der Waals surface area contributed by atoms with Crippen LogP contribution in [0.15, 0.2) is 12.1 Å². The molecule has 0 amide bonds. The fourth-order valence-corrected chi connectivity index (χ4v) is 1.25. The first-order chi connectivity index (χ1) is 4.10. The van der Waals surface area contributed by atoms with Crippen molar-refractivity contribution in [2.24, 2.45) is 0 Å². The number of rotatable bonds is 0. The van der Waals surface area contributed by atoms with Gasteiger partial charge in [-0.3, -0.25) is 0 Å². The molecule has 0 atom stereocenters. The lowest BCUT2D eigenvalue weighted by Crippen LogP contribution is -2.11. The first-order valence-corrected chi connectivity index (χ1v) is 3.93. The van der Waals surface area contributed by atoms with Crippen molar-refractivity contribution in [2.45, 2.75) is 6.42 Å². The zero-order valence-corrected chi connectivity index (χ0v) is 5.32. The van der Waals surface area contributed by atoms with Gasteiger partial charge in [-0.25, -0.2) is 4.39 Å². The third-order valence-electron chi connectivity index (χ3n) is 0.913. The summed E-state index contributed by atoms with van der Waals surface area (Å²) in [6.07, 6.45) is 0.557. The van der Waals surface area contributed by atoms with Crippen LogP contribution >= 0.6 is 0 Å². The number of hydrogen-bond donors (Lipinski definition) is 0. The van der Waals surface area contributed by atoms with Crippen molar-refractivity contribution >= 4 is 10.1 Å². The highest BCUT2D eigenvalue weighted by Crippen LogP contribution is 2.13. The van der Waals surface area contributed by atoms with E-state index in [2.05, 4.69) is 4.18 Å². The topological polar surface area (TPSA) is 43.4 Å². The predicted octanol–water partition coefficient (Wildman–Crippen LogP) is 0.547. The largest absolute Gasteiger partial charge is 0.388 e. The fourth-order valence-electron chi connectivity index (χ4n) is 0.455. The number of halogens is 1. The molecule has 0 aliphatic carbocycles. The van der Waals surface area contributed by atoms with E-state index in [1.54, 1.807) is 0 Å². The second-order valence-electron chi connectivity index (χ2n) is 1.67. The van der Waals surface area contributed by atoms with Crippen LogP contribution in [-0.4, -0.2) is 14.2 Å². The van der Waals surface area contributed by atoms with Gasteiger partial charge in [-0.15, -0.1) is 0 Å².